The summed E-state index contributed by atoms with van der Waals surface area (Å²) in [5.41, 5.74) is 1.32. The van der Waals surface area contributed by atoms with Gasteiger partial charge in [0, 0.05) is 31.0 Å². The van der Waals surface area contributed by atoms with E-state index in [0.717, 1.165) is 27.4 Å². The van der Waals surface area contributed by atoms with E-state index in [4.69, 9.17) is 9.47 Å². The first kappa shape index (κ1) is 21.9. The number of H-pyrrole nitrogens is 1. The SMILES string of the molecule is CCOc1ccc2[nH]c(=O)c(C[NH+](CCCO)Cc3nnnn3CCOC)cc2c1. The first-order valence-electron chi connectivity index (χ1n) is 10.1. The zero-order chi connectivity index (χ0) is 21.3. The molecule has 0 saturated heterocycles. The number of benzene rings is 1. The van der Waals surface area contributed by atoms with Crippen LogP contribution < -0.4 is 15.2 Å². The third-order valence-corrected chi connectivity index (χ3v) is 4.85. The highest BCUT2D eigenvalue weighted by Gasteiger charge is 2.18. The van der Waals surface area contributed by atoms with Crippen LogP contribution in [0.5, 0.6) is 5.75 Å². The van der Waals surface area contributed by atoms with Gasteiger partial charge in [0.15, 0.2) is 0 Å². The maximum absolute atomic E-state index is 12.7. The minimum absolute atomic E-state index is 0.0872. The number of hydrogen-bond acceptors (Lipinski definition) is 7. The molecule has 10 heteroatoms. The van der Waals surface area contributed by atoms with Crippen LogP contribution in [-0.4, -0.2) is 63.8 Å². The summed E-state index contributed by atoms with van der Waals surface area (Å²) in [4.78, 5) is 16.7. The molecule has 2 aromatic heterocycles. The Balaban J connectivity index is 1.83. The van der Waals surface area contributed by atoms with Crippen LogP contribution in [0.2, 0.25) is 0 Å². The molecule has 3 N–H and O–H groups in total. The fourth-order valence-corrected chi connectivity index (χ4v) is 3.38. The van der Waals surface area contributed by atoms with Gasteiger partial charge in [0.25, 0.3) is 5.56 Å². The van der Waals surface area contributed by atoms with E-state index in [0.29, 0.717) is 51.4 Å². The van der Waals surface area contributed by atoms with Gasteiger partial charge in [0.1, 0.15) is 18.8 Å². The van der Waals surface area contributed by atoms with Gasteiger partial charge in [-0.15, -0.1) is 5.10 Å². The van der Waals surface area contributed by atoms with Gasteiger partial charge in [0.05, 0.1) is 31.9 Å². The van der Waals surface area contributed by atoms with Crippen molar-refractivity contribution in [1.29, 1.82) is 0 Å². The van der Waals surface area contributed by atoms with Crippen LogP contribution in [0.1, 0.15) is 24.7 Å². The number of tetrazole rings is 1. The van der Waals surface area contributed by atoms with Crippen LogP contribution in [-0.2, 0) is 24.4 Å². The number of nitrogens with zero attached hydrogens (tertiary/aromatic N) is 4. The van der Waals surface area contributed by atoms with Crippen LogP contribution in [0.25, 0.3) is 10.9 Å². The van der Waals surface area contributed by atoms with Crippen molar-refractivity contribution in [3.63, 3.8) is 0 Å². The van der Waals surface area contributed by atoms with Crippen molar-refractivity contribution >= 4 is 10.9 Å². The third-order valence-electron chi connectivity index (χ3n) is 4.85. The molecule has 1 aromatic carbocycles. The average molecular weight is 417 g/mol. The summed E-state index contributed by atoms with van der Waals surface area (Å²) in [6, 6.07) is 7.53. The zero-order valence-electron chi connectivity index (χ0n) is 17.4. The number of aromatic amines is 1. The minimum Gasteiger partial charge on any atom is -0.494 e. The maximum Gasteiger partial charge on any atom is 0.257 e. The first-order chi connectivity index (χ1) is 14.6. The van der Waals surface area contributed by atoms with Gasteiger partial charge in [-0.05, 0) is 41.6 Å². The Morgan fingerprint density at radius 2 is 2.13 bits per heavy atom. The molecule has 0 spiro atoms. The predicted octanol–water partition coefficient (Wildman–Crippen LogP) is -0.473. The minimum atomic E-state index is -0.118. The van der Waals surface area contributed by atoms with Crippen LogP contribution in [0.15, 0.2) is 29.1 Å². The van der Waals surface area contributed by atoms with Gasteiger partial charge in [-0.1, -0.05) is 0 Å². The predicted molar refractivity (Wildman–Crippen MR) is 110 cm³/mol. The monoisotopic (exact) mass is 417 g/mol. The Labute approximate surface area is 174 Å². The number of aliphatic hydroxyl groups excluding tert-OH is 1. The fourth-order valence-electron chi connectivity index (χ4n) is 3.38. The lowest BCUT2D eigenvalue weighted by Crippen LogP contribution is -3.09. The van der Waals surface area contributed by atoms with E-state index in [1.165, 1.54) is 0 Å². The number of ether oxygens (including phenoxy) is 2. The molecular weight excluding hydrogens is 388 g/mol. The summed E-state index contributed by atoms with van der Waals surface area (Å²) in [7, 11) is 1.63. The third kappa shape index (κ3) is 5.62. The second kappa shape index (κ2) is 10.8. The van der Waals surface area contributed by atoms with Crippen LogP contribution in [0.3, 0.4) is 0 Å². The number of quaternary nitrogens is 1. The molecule has 0 bridgehead atoms. The maximum atomic E-state index is 12.7. The summed E-state index contributed by atoms with van der Waals surface area (Å²) in [6.07, 6.45) is 0.620. The highest BCUT2D eigenvalue weighted by molar-refractivity contribution is 5.80. The van der Waals surface area contributed by atoms with E-state index >= 15 is 0 Å². The van der Waals surface area contributed by atoms with Gasteiger partial charge < -0.3 is 24.5 Å². The highest BCUT2D eigenvalue weighted by Crippen LogP contribution is 2.19. The van der Waals surface area contributed by atoms with Crippen LogP contribution in [0.4, 0.5) is 0 Å². The fraction of sp³-hybridized carbons (Fsp3) is 0.500. The van der Waals surface area contributed by atoms with Crippen molar-refractivity contribution in [1.82, 2.24) is 25.2 Å². The lowest BCUT2D eigenvalue weighted by atomic mass is 10.1. The molecule has 162 valence electrons. The first-order valence-corrected chi connectivity index (χ1v) is 10.1. The van der Waals surface area contributed by atoms with E-state index in [9.17, 15) is 9.90 Å². The lowest BCUT2D eigenvalue weighted by molar-refractivity contribution is -0.928. The van der Waals surface area contributed by atoms with E-state index in [-0.39, 0.29) is 12.2 Å². The summed E-state index contributed by atoms with van der Waals surface area (Å²) in [6.45, 7) is 5.38. The Bertz CT molecular complexity index is 1000. The molecule has 2 heterocycles. The van der Waals surface area contributed by atoms with Gasteiger partial charge in [-0.25, -0.2) is 4.68 Å². The van der Waals surface area contributed by atoms with Crippen LogP contribution >= 0.6 is 0 Å². The van der Waals surface area contributed by atoms with Gasteiger partial charge >= 0.3 is 0 Å². The second-order valence-corrected chi connectivity index (χ2v) is 7.05. The summed E-state index contributed by atoms with van der Waals surface area (Å²) >= 11 is 0. The second-order valence-electron chi connectivity index (χ2n) is 7.05. The van der Waals surface area contributed by atoms with Crippen molar-refractivity contribution in [3.05, 3.63) is 46.0 Å². The molecule has 0 fully saturated rings. The van der Waals surface area contributed by atoms with Gasteiger partial charge in [-0.2, -0.15) is 0 Å². The Hall–Kier alpha value is -2.82. The summed E-state index contributed by atoms with van der Waals surface area (Å²) in [5.74, 6) is 1.49. The molecule has 0 aliphatic heterocycles. The average Bonchev–Trinajstić information content (AvgIpc) is 3.18. The standard InChI is InChI=1S/C20H28N6O4/c1-3-30-17-5-6-18-15(12-17)11-16(20(28)21-18)13-25(7-4-9-27)14-19-22-23-24-26(19)8-10-29-2/h5-6,11-12,27H,3-4,7-10,13-14H2,1-2H3,(H,21,28)/p+1. The molecule has 0 amide bonds. The van der Waals surface area contributed by atoms with E-state index in [2.05, 4.69) is 20.5 Å². The number of nitrogens with one attached hydrogen (secondary N) is 2. The number of fused-ring (bicyclic) bond motifs is 1. The molecule has 30 heavy (non-hydrogen) atoms. The topological polar surface area (TPSA) is 120 Å². The zero-order valence-corrected chi connectivity index (χ0v) is 17.4. The Morgan fingerprint density at radius 3 is 2.90 bits per heavy atom. The highest BCUT2D eigenvalue weighted by atomic mass is 16.5. The molecule has 10 nitrogen and oxygen atoms in total. The molecular formula is C20H29N6O4+. The number of methoxy groups -OCH3 is 1. The molecule has 1 atom stereocenters. The van der Waals surface area contributed by atoms with E-state index < -0.39 is 0 Å². The molecule has 0 aliphatic carbocycles. The van der Waals surface area contributed by atoms with E-state index in [1.54, 1.807) is 11.8 Å². The van der Waals surface area contributed by atoms with Crippen LogP contribution in [0, 0.1) is 0 Å². The quantitative estimate of drug-likeness (QED) is 0.364. The number of aromatic nitrogens is 5. The Morgan fingerprint density at radius 1 is 1.27 bits per heavy atom. The van der Waals surface area contributed by atoms with Gasteiger partial charge in [-0.3, -0.25) is 4.79 Å². The molecule has 0 radical (unpaired) electrons. The van der Waals surface area contributed by atoms with E-state index in [1.807, 2.05) is 31.2 Å². The molecule has 3 aromatic rings. The number of aliphatic hydroxyl groups is 1. The van der Waals surface area contributed by atoms with Crippen molar-refractivity contribution in [2.75, 3.05) is 33.5 Å². The molecule has 0 aliphatic rings. The normalized spacial score (nSPS) is 12.4. The summed E-state index contributed by atoms with van der Waals surface area (Å²) in [5, 5.41) is 22.1. The summed E-state index contributed by atoms with van der Waals surface area (Å²) < 4.78 is 12.4. The van der Waals surface area contributed by atoms with Crippen molar-refractivity contribution in [3.8, 4) is 5.75 Å². The van der Waals surface area contributed by atoms with Crippen molar-refractivity contribution < 1.29 is 19.5 Å². The smallest absolute Gasteiger partial charge is 0.257 e. The van der Waals surface area contributed by atoms with Gasteiger partial charge in [0.2, 0.25) is 5.82 Å². The molecule has 3 rings (SSSR count). The van der Waals surface area contributed by atoms with Crippen molar-refractivity contribution in [2.24, 2.45) is 0 Å². The molecule has 1 unspecified atom stereocenters. The lowest BCUT2D eigenvalue weighted by Gasteiger charge is -2.18. The number of rotatable bonds is 12. The number of pyridine rings is 1. The van der Waals surface area contributed by atoms with Crippen molar-refractivity contribution in [2.45, 2.75) is 33.0 Å². The Kier molecular flexibility index (Phi) is 7.89. The number of hydrogen-bond donors (Lipinski definition) is 3. The molecule has 0 saturated carbocycles. The largest absolute Gasteiger partial charge is 0.494 e.